The van der Waals surface area contributed by atoms with Crippen molar-refractivity contribution in [3.8, 4) is 11.5 Å². The molecule has 0 aliphatic rings. The molecule has 0 amide bonds. The maximum absolute atomic E-state index is 10.7. The third-order valence-electron chi connectivity index (χ3n) is 3.85. The molecule has 3 aromatic rings. The van der Waals surface area contributed by atoms with Gasteiger partial charge in [-0.25, -0.2) is 0 Å². The molecule has 0 fully saturated rings. The van der Waals surface area contributed by atoms with Crippen molar-refractivity contribution in [2.45, 2.75) is 17.7 Å². The lowest BCUT2D eigenvalue weighted by Crippen LogP contribution is -1.86. The molecule has 3 rings (SSSR count). The molecule has 0 N–H and O–H groups in total. The van der Waals surface area contributed by atoms with E-state index >= 15 is 0 Å². The number of nitrogens with zero attached hydrogens (tertiary/aromatic N) is 1. The first-order valence-corrected chi connectivity index (χ1v) is 8.46. The number of methoxy groups -OCH3 is 2. The van der Waals surface area contributed by atoms with E-state index in [2.05, 4.69) is 16.2 Å². The molecular weight excluding hydrogens is 322 g/mol. The molecule has 2 aromatic carbocycles. The summed E-state index contributed by atoms with van der Waals surface area (Å²) in [4.78, 5) is 11.9. The van der Waals surface area contributed by atoms with E-state index in [1.54, 1.807) is 26.2 Å². The van der Waals surface area contributed by atoms with Gasteiger partial charge in [-0.05, 0) is 66.4 Å². The second-order valence-electron chi connectivity index (χ2n) is 5.34. The zero-order chi connectivity index (χ0) is 16.9. The molecule has 124 valence electrons. The van der Waals surface area contributed by atoms with Crippen molar-refractivity contribution >= 4 is 29.1 Å². The van der Waals surface area contributed by atoms with Crippen LogP contribution in [0.4, 0.5) is 0 Å². The SMILES string of the molecule is COc1ccc(Sn2cc(CCC=O)c3cc(OC)ccc32)cc1. The van der Waals surface area contributed by atoms with Crippen molar-refractivity contribution in [1.82, 2.24) is 3.97 Å². The highest BCUT2D eigenvalue weighted by Crippen LogP contribution is 2.32. The van der Waals surface area contributed by atoms with Gasteiger partial charge < -0.3 is 14.3 Å². The summed E-state index contributed by atoms with van der Waals surface area (Å²) >= 11 is 1.64. The Labute approximate surface area is 145 Å². The smallest absolute Gasteiger partial charge is 0.120 e. The van der Waals surface area contributed by atoms with Crippen LogP contribution < -0.4 is 9.47 Å². The lowest BCUT2D eigenvalue weighted by atomic mass is 10.1. The average Bonchev–Trinajstić information content (AvgIpc) is 2.97. The van der Waals surface area contributed by atoms with E-state index in [0.717, 1.165) is 45.6 Å². The molecule has 5 heteroatoms. The Morgan fingerprint density at radius 1 is 1.04 bits per heavy atom. The molecule has 1 aromatic heterocycles. The van der Waals surface area contributed by atoms with Crippen molar-refractivity contribution in [2.24, 2.45) is 0 Å². The normalized spacial score (nSPS) is 10.8. The molecule has 1 heterocycles. The predicted octanol–water partition coefficient (Wildman–Crippen LogP) is 4.35. The number of hydrogen-bond donors (Lipinski definition) is 0. The van der Waals surface area contributed by atoms with E-state index in [-0.39, 0.29) is 0 Å². The van der Waals surface area contributed by atoms with Gasteiger partial charge >= 0.3 is 0 Å². The number of benzene rings is 2. The number of hydrogen-bond acceptors (Lipinski definition) is 4. The Kier molecular flexibility index (Phi) is 5.11. The van der Waals surface area contributed by atoms with Crippen LogP contribution in [0.1, 0.15) is 12.0 Å². The molecule has 24 heavy (non-hydrogen) atoms. The molecule has 4 nitrogen and oxygen atoms in total. The molecule has 0 radical (unpaired) electrons. The van der Waals surface area contributed by atoms with E-state index in [1.165, 1.54) is 0 Å². The minimum Gasteiger partial charge on any atom is -0.497 e. The lowest BCUT2D eigenvalue weighted by molar-refractivity contribution is -0.107. The number of rotatable bonds is 7. The van der Waals surface area contributed by atoms with Gasteiger partial charge in [-0.1, -0.05) is 0 Å². The van der Waals surface area contributed by atoms with Crippen molar-refractivity contribution in [2.75, 3.05) is 14.2 Å². The number of fused-ring (bicyclic) bond motifs is 1. The minimum atomic E-state index is 0.517. The van der Waals surface area contributed by atoms with Crippen LogP contribution in [0.15, 0.2) is 53.6 Å². The van der Waals surface area contributed by atoms with Crippen molar-refractivity contribution in [3.05, 3.63) is 54.2 Å². The summed E-state index contributed by atoms with van der Waals surface area (Å²) in [6.45, 7) is 0. The van der Waals surface area contributed by atoms with Crippen LogP contribution in [-0.4, -0.2) is 24.5 Å². The first kappa shape index (κ1) is 16.5. The molecule has 0 aliphatic heterocycles. The highest BCUT2D eigenvalue weighted by Gasteiger charge is 2.11. The molecule has 0 unspecified atom stereocenters. The molecular formula is C19H19NO3S. The van der Waals surface area contributed by atoms with Crippen LogP contribution >= 0.6 is 11.9 Å². The summed E-state index contributed by atoms with van der Waals surface area (Å²) in [6.07, 6.45) is 4.30. The second-order valence-corrected chi connectivity index (χ2v) is 6.38. The average molecular weight is 341 g/mol. The van der Waals surface area contributed by atoms with Gasteiger partial charge in [0.15, 0.2) is 0 Å². The third-order valence-corrected chi connectivity index (χ3v) is 4.84. The first-order chi connectivity index (χ1) is 11.7. The standard InChI is InChI=1S/C19H19NO3S/c1-22-15-5-8-17(9-6-15)24-20-13-14(4-3-11-21)18-12-16(23-2)7-10-19(18)20/h5-13H,3-4H2,1-2H3. The molecule has 0 saturated carbocycles. The van der Waals surface area contributed by atoms with Crippen molar-refractivity contribution in [1.29, 1.82) is 0 Å². The number of carbonyl (C=O) groups is 1. The van der Waals surface area contributed by atoms with Gasteiger partial charge in [0, 0.05) is 22.9 Å². The summed E-state index contributed by atoms with van der Waals surface area (Å²) in [6, 6.07) is 14.0. The van der Waals surface area contributed by atoms with Gasteiger partial charge in [0.1, 0.15) is 17.8 Å². The van der Waals surface area contributed by atoms with Crippen LogP contribution in [0.5, 0.6) is 11.5 Å². The summed E-state index contributed by atoms with van der Waals surface area (Å²) in [5.74, 6) is 1.66. The number of ether oxygens (including phenoxy) is 2. The molecule has 0 atom stereocenters. The van der Waals surface area contributed by atoms with Gasteiger partial charge in [-0.2, -0.15) is 0 Å². The molecule has 0 spiro atoms. The first-order valence-electron chi connectivity index (χ1n) is 7.69. The van der Waals surface area contributed by atoms with Gasteiger partial charge in [-0.3, -0.25) is 3.97 Å². The van der Waals surface area contributed by atoms with Crippen molar-refractivity contribution in [3.63, 3.8) is 0 Å². The van der Waals surface area contributed by atoms with Crippen LogP contribution in [-0.2, 0) is 11.2 Å². The summed E-state index contributed by atoms with van der Waals surface area (Å²) < 4.78 is 12.7. The minimum absolute atomic E-state index is 0.517. The quantitative estimate of drug-likeness (QED) is 0.599. The summed E-state index contributed by atoms with van der Waals surface area (Å²) in [5, 5.41) is 1.12. The van der Waals surface area contributed by atoms with Crippen LogP contribution in [0.25, 0.3) is 10.9 Å². The van der Waals surface area contributed by atoms with E-state index < -0.39 is 0 Å². The third kappa shape index (κ3) is 3.41. The summed E-state index contributed by atoms with van der Waals surface area (Å²) in [5.41, 5.74) is 2.26. The van der Waals surface area contributed by atoms with E-state index in [1.807, 2.05) is 36.4 Å². The van der Waals surface area contributed by atoms with Gasteiger partial charge in [0.2, 0.25) is 0 Å². The van der Waals surface area contributed by atoms with E-state index in [0.29, 0.717) is 6.42 Å². The fourth-order valence-corrected chi connectivity index (χ4v) is 3.53. The second kappa shape index (κ2) is 7.45. The Hall–Kier alpha value is -2.40. The van der Waals surface area contributed by atoms with Crippen LogP contribution in [0.3, 0.4) is 0 Å². The fourth-order valence-electron chi connectivity index (χ4n) is 2.61. The maximum Gasteiger partial charge on any atom is 0.120 e. The van der Waals surface area contributed by atoms with E-state index in [9.17, 15) is 4.79 Å². The molecule has 0 aliphatic carbocycles. The Morgan fingerprint density at radius 2 is 1.75 bits per heavy atom. The monoisotopic (exact) mass is 341 g/mol. The largest absolute Gasteiger partial charge is 0.497 e. The van der Waals surface area contributed by atoms with Crippen molar-refractivity contribution < 1.29 is 14.3 Å². The highest BCUT2D eigenvalue weighted by atomic mass is 32.2. The fraction of sp³-hybridized carbons (Fsp3) is 0.211. The maximum atomic E-state index is 10.7. The van der Waals surface area contributed by atoms with Gasteiger partial charge in [-0.15, -0.1) is 0 Å². The molecule has 0 bridgehead atoms. The van der Waals surface area contributed by atoms with Gasteiger partial charge in [0.25, 0.3) is 0 Å². The lowest BCUT2D eigenvalue weighted by Gasteiger charge is -2.06. The van der Waals surface area contributed by atoms with Crippen LogP contribution in [0.2, 0.25) is 0 Å². The van der Waals surface area contributed by atoms with Gasteiger partial charge in [0.05, 0.1) is 19.7 Å². The summed E-state index contributed by atoms with van der Waals surface area (Å²) in [7, 11) is 3.32. The Balaban J connectivity index is 1.98. The number of aryl methyl sites for hydroxylation is 1. The number of aldehydes is 1. The Bertz CT molecular complexity index is 840. The molecule has 0 saturated heterocycles. The van der Waals surface area contributed by atoms with E-state index in [4.69, 9.17) is 9.47 Å². The van der Waals surface area contributed by atoms with Crippen LogP contribution in [0, 0.1) is 0 Å². The zero-order valence-corrected chi connectivity index (χ0v) is 14.5. The highest BCUT2D eigenvalue weighted by molar-refractivity contribution is 7.98. The Morgan fingerprint density at radius 3 is 2.42 bits per heavy atom. The number of aromatic nitrogens is 1. The topological polar surface area (TPSA) is 40.5 Å². The number of carbonyl (C=O) groups excluding carboxylic acids is 1. The zero-order valence-electron chi connectivity index (χ0n) is 13.7. The predicted molar refractivity (Wildman–Crippen MR) is 97.1 cm³/mol.